The highest BCUT2D eigenvalue weighted by atomic mass is 15.2. The van der Waals surface area contributed by atoms with Crippen LogP contribution in [0.15, 0.2) is 23.4 Å². The lowest BCUT2D eigenvalue weighted by atomic mass is 10.1. The predicted molar refractivity (Wildman–Crippen MR) is 49.4 cm³/mol. The second kappa shape index (κ2) is 3.12. The molecule has 1 aliphatic heterocycles. The van der Waals surface area contributed by atoms with Gasteiger partial charge in [0.1, 0.15) is 0 Å². The minimum absolute atomic E-state index is 0.620. The number of hydrogen-bond donors (Lipinski definition) is 0. The first-order chi connectivity index (χ1) is 5.13. The average molecular weight is 151 g/mol. The molecule has 0 radical (unpaired) electrons. The molecule has 1 heteroatoms. The molecule has 0 unspecified atom stereocenters. The molecule has 0 aromatic rings. The molecule has 0 fully saturated rings. The van der Waals surface area contributed by atoms with Gasteiger partial charge in [-0.15, -0.1) is 0 Å². The number of nitrogens with zero attached hydrogens (tertiary/aromatic N) is 1. The quantitative estimate of drug-likeness (QED) is 0.556. The van der Waals surface area contributed by atoms with Crippen molar-refractivity contribution in [1.82, 2.24) is 4.90 Å². The van der Waals surface area contributed by atoms with Crippen LogP contribution in [0.5, 0.6) is 0 Å². The predicted octanol–water partition coefficient (Wildman–Crippen LogP) is 2.56. The maximum atomic E-state index is 2.41. The summed E-state index contributed by atoms with van der Waals surface area (Å²) in [5.41, 5.74) is 2.81. The first-order valence-electron chi connectivity index (χ1n) is 4.23. The van der Waals surface area contributed by atoms with Crippen LogP contribution >= 0.6 is 0 Å². The van der Waals surface area contributed by atoms with Gasteiger partial charge in [0, 0.05) is 18.3 Å². The molecule has 1 aliphatic rings. The van der Waals surface area contributed by atoms with Gasteiger partial charge in [0.2, 0.25) is 0 Å². The van der Waals surface area contributed by atoms with Gasteiger partial charge in [0.15, 0.2) is 0 Å². The number of hydrogen-bond acceptors (Lipinski definition) is 1. The van der Waals surface area contributed by atoms with Gasteiger partial charge in [0.05, 0.1) is 0 Å². The molecule has 0 atom stereocenters. The molecule has 1 rings (SSSR count). The third-order valence-electron chi connectivity index (χ3n) is 2.29. The van der Waals surface area contributed by atoms with Gasteiger partial charge < -0.3 is 4.90 Å². The van der Waals surface area contributed by atoms with Crippen molar-refractivity contribution in [1.29, 1.82) is 0 Å². The molecule has 0 N–H and O–H groups in total. The standard InChI is InChI=1S/C10H17N/c1-8(2)11-7-5-6-9(3)10(11)4/h5-6,8H,7H2,1-4H3. The Labute approximate surface area is 69.4 Å². The summed E-state index contributed by atoms with van der Waals surface area (Å²) in [4.78, 5) is 2.41. The van der Waals surface area contributed by atoms with E-state index < -0.39 is 0 Å². The Kier molecular flexibility index (Phi) is 2.38. The van der Waals surface area contributed by atoms with Crippen LogP contribution in [0.4, 0.5) is 0 Å². The van der Waals surface area contributed by atoms with Crippen LogP contribution in [0.25, 0.3) is 0 Å². The summed E-state index contributed by atoms with van der Waals surface area (Å²) in [5.74, 6) is 0. The molecule has 0 aromatic heterocycles. The summed E-state index contributed by atoms with van der Waals surface area (Å²) in [5, 5.41) is 0. The second-order valence-corrected chi connectivity index (χ2v) is 3.42. The van der Waals surface area contributed by atoms with Crippen molar-refractivity contribution in [2.75, 3.05) is 6.54 Å². The van der Waals surface area contributed by atoms with Gasteiger partial charge in [-0.05, 0) is 33.3 Å². The van der Waals surface area contributed by atoms with Crippen molar-refractivity contribution in [3.05, 3.63) is 23.4 Å². The summed E-state index contributed by atoms with van der Waals surface area (Å²) in [7, 11) is 0. The van der Waals surface area contributed by atoms with Crippen LogP contribution in [-0.2, 0) is 0 Å². The molecule has 0 aromatic carbocycles. The lowest BCUT2D eigenvalue weighted by Gasteiger charge is -2.31. The van der Waals surface area contributed by atoms with Crippen molar-refractivity contribution in [2.45, 2.75) is 33.7 Å². The van der Waals surface area contributed by atoms with Gasteiger partial charge in [-0.3, -0.25) is 0 Å². The molecule has 0 spiro atoms. The van der Waals surface area contributed by atoms with E-state index in [2.05, 4.69) is 44.7 Å². The molecule has 0 saturated heterocycles. The van der Waals surface area contributed by atoms with Gasteiger partial charge in [-0.25, -0.2) is 0 Å². The largest absolute Gasteiger partial charge is 0.369 e. The van der Waals surface area contributed by atoms with Crippen LogP contribution in [0.3, 0.4) is 0 Å². The highest BCUT2D eigenvalue weighted by molar-refractivity contribution is 5.26. The Morgan fingerprint density at radius 3 is 2.45 bits per heavy atom. The Morgan fingerprint density at radius 2 is 2.00 bits per heavy atom. The second-order valence-electron chi connectivity index (χ2n) is 3.42. The van der Waals surface area contributed by atoms with Crippen molar-refractivity contribution in [3.63, 3.8) is 0 Å². The van der Waals surface area contributed by atoms with E-state index in [1.54, 1.807) is 0 Å². The smallest absolute Gasteiger partial charge is 0.0362 e. The first-order valence-corrected chi connectivity index (χ1v) is 4.23. The summed E-state index contributed by atoms with van der Waals surface area (Å²) in [6.45, 7) is 9.89. The number of allylic oxidation sites excluding steroid dienone is 3. The van der Waals surface area contributed by atoms with E-state index >= 15 is 0 Å². The maximum absolute atomic E-state index is 2.41. The molecule has 0 bridgehead atoms. The van der Waals surface area contributed by atoms with Crippen molar-refractivity contribution >= 4 is 0 Å². The third-order valence-corrected chi connectivity index (χ3v) is 2.29. The molecule has 0 saturated carbocycles. The minimum Gasteiger partial charge on any atom is -0.369 e. The normalized spacial score (nSPS) is 18.5. The fourth-order valence-corrected chi connectivity index (χ4v) is 1.43. The van der Waals surface area contributed by atoms with Gasteiger partial charge >= 0.3 is 0 Å². The molecule has 11 heavy (non-hydrogen) atoms. The topological polar surface area (TPSA) is 3.24 Å². The van der Waals surface area contributed by atoms with Crippen LogP contribution in [0.1, 0.15) is 27.7 Å². The van der Waals surface area contributed by atoms with Crippen LogP contribution in [0.2, 0.25) is 0 Å². The monoisotopic (exact) mass is 151 g/mol. The third kappa shape index (κ3) is 1.65. The molecular weight excluding hydrogens is 134 g/mol. The molecular formula is C10H17N. The molecule has 1 nitrogen and oxygen atoms in total. The van der Waals surface area contributed by atoms with Crippen molar-refractivity contribution in [3.8, 4) is 0 Å². The maximum Gasteiger partial charge on any atom is 0.0362 e. The Morgan fingerprint density at radius 1 is 1.36 bits per heavy atom. The van der Waals surface area contributed by atoms with E-state index in [0.29, 0.717) is 6.04 Å². The summed E-state index contributed by atoms with van der Waals surface area (Å²) in [6, 6.07) is 0.620. The zero-order chi connectivity index (χ0) is 8.43. The summed E-state index contributed by atoms with van der Waals surface area (Å²) in [6.07, 6.45) is 4.43. The Hall–Kier alpha value is -0.720. The van der Waals surface area contributed by atoms with Crippen LogP contribution in [-0.4, -0.2) is 17.5 Å². The molecule has 0 aliphatic carbocycles. The van der Waals surface area contributed by atoms with E-state index in [0.717, 1.165) is 6.54 Å². The first kappa shape index (κ1) is 8.38. The zero-order valence-electron chi connectivity index (χ0n) is 7.89. The van der Waals surface area contributed by atoms with E-state index in [9.17, 15) is 0 Å². The van der Waals surface area contributed by atoms with Crippen LogP contribution in [0, 0.1) is 0 Å². The molecule has 0 amide bonds. The van der Waals surface area contributed by atoms with E-state index in [1.165, 1.54) is 11.3 Å². The summed E-state index contributed by atoms with van der Waals surface area (Å²) >= 11 is 0. The average Bonchev–Trinajstić information content (AvgIpc) is 1.94. The Balaban J connectivity index is 2.81. The highest BCUT2D eigenvalue weighted by Gasteiger charge is 2.11. The Bertz CT molecular complexity index is 199. The van der Waals surface area contributed by atoms with Crippen molar-refractivity contribution in [2.24, 2.45) is 0 Å². The van der Waals surface area contributed by atoms with Gasteiger partial charge in [0.25, 0.3) is 0 Å². The van der Waals surface area contributed by atoms with Crippen LogP contribution < -0.4 is 0 Å². The lowest BCUT2D eigenvalue weighted by molar-refractivity contribution is 0.307. The van der Waals surface area contributed by atoms with E-state index in [-0.39, 0.29) is 0 Å². The van der Waals surface area contributed by atoms with E-state index in [1.807, 2.05) is 0 Å². The number of rotatable bonds is 1. The fourth-order valence-electron chi connectivity index (χ4n) is 1.43. The summed E-state index contributed by atoms with van der Waals surface area (Å²) < 4.78 is 0. The van der Waals surface area contributed by atoms with E-state index in [4.69, 9.17) is 0 Å². The lowest BCUT2D eigenvalue weighted by Crippen LogP contribution is -2.31. The SMILES string of the molecule is CC1=C(C)N(C(C)C)CC=C1. The fraction of sp³-hybridized carbons (Fsp3) is 0.600. The molecule has 1 heterocycles. The minimum atomic E-state index is 0.620. The zero-order valence-corrected chi connectivity index (χ0v) is 7.89. The van der Waals surface area contributed by atoms with Gasteiger partial charge in [-0.2, -0.15) is 0 Å². The van der Waals surface area contributed by atoms with Crippen molar-refractivity contribution < 1.29 is 0 Å². The molecule has 62 valence electrons. The highest BCUT2D eigenvalue weighted by Crippen LogP contribution is 2.17. The van der Waals surface area contributed by atoms with Gasteiger partial charge in [-0.1, -0.05) is 12.2 Å².